The van der Waals surface area contributed by atoms with Crippen LogP contribution in [0.2, 0.25) is 0 Å². The molecule has 8 nitrogen and oxygen atoms in total. The third-order valence-electron chi connectivity index (χ3n) is 5.12. The highest BCUT2D eigenvalue weighted by Gasteiger charge is 2.26. The molecule has 0 fully saturated rings. The molecule has 0 aliphatic carbocycles. The Balaban J connectivity index is 1.63. The van der Waals surface area contributed by atoms with Gasteiger partial charge < -0.3 is 21.1 Å². The molecule has 0 spiro atoms. The minimum atomic E-state index is -1.18. The summed E-state index contributed by atoms with van der Waals surface area (Å²) in [6.07, 6.45) is -1.18. The van der Waals surface area contributed by atoms with Crippen molar-refractivity contribution < 1.29 is 9.53 Å². The quantitative estimate of drug-likeness (QED) is 0.359. The van der Waals surface area contributed by atoms with Gasteiger partial charge >= 0.3 is 0 Å². The van der Waals surface area contributed by atoms with Crippen molar-refractivity contribution in [3.8, 4) is 0 Å². The number of carbonyl (C=O) groups is 1. The fraction of sp³-hybridized carbons (Fsp3) is 0.120. The van der Waals surface area contributed by atoms with E-state index in [0.29, 0.717) is 11.4 Å². The number of carbonyl (C=O) groups excluding carboxylic acids is 1. The summed E-state index contributed by atoms with van der Waals surface area (Å²) in [5, 5.41) is 14.2. The van der Waals surface area contributed by atoms with Crippen LogP contribution in [0.25, 0.3) is 0 Å². The van der Waals surface area contributed by atoms with Gasteiger partial charge in [0.05, 0.1) is 11.4 Å². The van der Waals surface area contributed by atoms with Crippen molar-refractivity contribution >= 4 is 29.2 Å². The second-order valence-corrected chi connectivity index (χ2v) is 7.32. The minimum Gasteiger partial charge on any atom is -0.410 e. The second-order valence-electron chi connectivity index (χ2n) is 7.32. The average molecular weight is 441 g/mol. The minimum absolute atomic E-state index is 0.144. The van der Waals surface area contributed by atoms with Crippen LogP contribution in [0.4, 0.5) is 5.69 Å². The highest BCUT2D eigenvalue weighted by atomic mass is 16.5. The Morgan fingerprint density at radius 3 is 2.39 bits per heavy atom. The van der Waals surface area contributed by atoms with Gasteiger partial charge in [0.25, 0.3) is 11.9 Å². The van der Waals surface area contributed by atoms with Gasteiger partial charge in [0.1, 0.15) is 6.04 Å². The third-order valence-corrected chi connectivity index (χ3v) is 5.12. The maximum absolute atomic E-state index is 12.9. The van der Waals surface area contributed by atoms with E-state index in [1.54, 1.807) is 7.05 Å². The molecule has 0 saturated heterocycles. The van der Waals surface area contributed by atoms with Gasteiger partial charge in [-0.3, -0.25) is 10.2 Å². The number of benzene rings is 3. The number of para-hydroxylation sites is 1. The Labute approximate surface area is 191 Å². The van der Waals surface area contributed by atoms with E-state index >= 15 is 0 Å². The summed E-state index contributed by atoms with van der Waals surface area (Å²) in [6.45, 7) is 0. The first kappa shape index (κ1) is 21.9. The number of anilines is 1. The Morgan fingerprint density at radius 1 is 1.06 bits per heavy atom. The van der Waals surface area contributed by atoms with Gasteiger partial charge in [-0.25, -0.2) is 4.99 Å². The number of nitrogens with two attached hydrogens (primary N) is 1. The molecule has 3 aromatic carbocycles. The second kappa shape index (κ2) is 9.88. The molecular weight excluding hydrogens is 416 g/mol. The number of amides is 1. The molecule has 1 aliphatic rings. The number of benzodiazepines with no additional fused rings is 1. The lowest BCUT2D eigenvalue weighted by atomic mass is 10.0. The Morgan fingerprint density at radius 2 is 1.70 bits per heavy atom. The summed E-state index contributed by atoms with van der Waals surface area (Å²) in [5.41, 5.74) is 9.69. The number of amidine groups is 1. The van der Waals surface area contributed by atoms with Crippen molar-refractivity contribution in [3.63, 3.8) is 0 Å². The van der Waals surface area contributed by atoms with Crippen molar-refractivity contribution in [2.24, 2.45) is 15.7 Å². The molecule has 8 heteroatoms. The topological polar surface area (TPSA) is 125 Å². The number of hydrogen-bond acceptors (Lipinski definition) is 6. The highest BCUT2D eigenvalue weighted by Crippen LogP contribution is 2.24. The van der Waals surface area contributed by atoms with E-state index in [0.717, 1.165) is 16.7 Å². The van der Waals surface area contributed by atoms with E-state index in [-0.39, 0.29) is 11.9 Å². The number of rotatable bonds is 5. The number of ether oxygens (including phenoxy) is 1. The van der Waals surface area contributed by atoms with Crippen molar-refractivity contribution in [2.75, 3.05) is 12.4 Å². The summed E-state index contributed by atoms with van der Waals surface area (Å²) >= 11 is 0. The van der Waals surface area contributed by atoms with Crippen LogP contribution < -0.4 is 16.4 Å². The molecule has 2 atom stereocenters. The molecule has 0 bridgehead atoms. The Bertz CT molecular complexity index is 1210. The summed E-state index contributed by atoms with van der Waals surface area (Å²) in [6, 6.07) is 25.5. The largest absolute Gasteiger partial charge is 0.410 e. The van der Waals surface area contributed by atoms with Gasteiger partial charge in [-0.15, -0.1) is 0 Å². The van der Waals surface area contributed by atoms with Crippen LogP contribution >= 0.6 is 0 Å². The normalized spacial score (nSPS) is 16.6. The van der Waals surface area contributed by atoms with Gasteiger partial charge in [0.2, 0.25) is 12.1 Å². The van der Waals surface area contributed by atoms with Gasteiger partial charge in [0, 0.05) is 11.1 Å². The molecule has 1 unspecified atom stereocenters. The van der Waals surface area contributed by atoms with E-state index in [9.17, 15) is 4.79 Å². The summed E-state index contributed by atoms with van der Waals surface area (Å²) < 4.78 is 5.47. The van der Waals surface area contributed by atoms with E-state index < -0.39 is 18.1 Å². The number of likely N-dealkylation sites (N-methyl/N-ethyl adjacent to an activating group) is 1. The molecule has 166 valence electrons. The highest BCUT2D eigenvalue weighted by molar-refractivity contribution is 6.19. The molecule has 4 rings (SSSR count). The van der Waals surface area contributed by atoms with Crippen LogP contribution in [-0.4, -0.2) is 36.8 Å². The van der Waals surface area contributed by atoms with E-state index in [4.69, 9.17) is 15.9 Å². The van der Waals surface area contributed by atoms with Gasteiger partial charge in [-0.05, 0) is 18.7 Å². The van der Waals surface area contributed by atoms with Crippen LogP contribution in [-0.2, 0) is 9.53 Å². The van der Waals surface area contributed by atoms with Gasteiger partial charge in [0.15, 0.2) is 0 Å². The molecule has 0 saturated carbocycles. The van der Waals surface area contributed by atoms with E-state index in [2.05, 4.69) is 20.6 Å². The first-order valence-electron chi connectivity index (χ1n) is 10.4. The standard InChI is InChI=1S/C25H24N6O2/c1-28-21(17-12-6-3-7-13-17)22(26)33-25(27)31-23-24(32)29-19-15-9-8-14-18(19)20(30-23)16-10-4-2-5-11-16/h2-15,21,23,26,28H,1H3,(H2,27,31)(H,29,32)/t21-,23?/m1/s1. The number of fused-ring (bicyclic) bond motifs is 1. The molecular formula is C25H24N6O2. The molecule has 1 aliphatic heterocycles. The lowest BCUT2D eigenvalue weighted by molar-refractivity contribution is -0.117. The monoisotopic (exact) mass is 440 g/mol. The fourth-order valence-electron chi connectivity index (χ4n) is 3.57. The molecule has 1 amide bonds. The fourth-order valence-corrected chi connectivity index (χ4v) is 3.57. The molecule has 1 heterocycles. The maximum Gasteiger partial charge on any atom is 0.291 e. The van der Waals surface area contributed by atoms with E-state index in [1.807, 2.05) is 84.9 Å². The summed E-state index contributed by atoms with van der Waals surface area (Å²) in [7, 11) is 1.72. The molecule has 0 aromatic heterocycles. The Kier molecular flexibility index (Phi) is 6.56. The zero-order valence-corrected chi connectivity index (χ0v) is 18.0. The lowest BCUT2D eigenvalue weighted by Gasteiger charge is -2.17. The zero-order chi connectivity index (χ0) is 23.2. The SMILES string of the molecule is CN[C@@H](C(=N)OC(N)=NC1N=C(c2ccccc2)c2ccccc2NC1=O)c1ccccc1. The average Bonchev–Trinajstić information content (AvgIpc) is 2.97. The molecule has 3 aromatic rings. The molecule has 0 radical (unpaired) electrons. The summed E-state index contributed by atoms with van der Waals surface area (Å²) in [4.78, 5) is 21.7. The number of nitrogens with zero attached hydrogens (tertiary/aromatic N) is 2. The van der Waals surface area contributed by atoms with E-state index in [1.165, 1.54) is 0 Å². The van der Waals surface area contributed by atoms with Crippen molar-refractivity contribution in [1.29, 1.82) is 5.41 Å². The Hall–Kier alpha value is -4.30. The lowest BCUT2D eigenvalue weighted by Crippen LogP contribution is -2.33. The summed E-state index contributed by atoms with van der Waals surface area (Å²) in [5.74, 6) is -0.589. The number of hydrogen-bond donors (Lipinski definition) is 4. The first-order chi connectivity index (χ1) is 16.1. The number of aliphatic imine (C=N–C) groups is 2. The zero-order valence-electron chi connectivity index (χ0n) is 18.0. The van der Waals surface area contributed by atoms with Crippen molar-refractivity contribution in [3.05, 3.63) is 102 Å². The van der Waals surface area contributed by atoms with Crippen molar-refractivity contribution in [1.82, 2.24) is 5.32 Å². The van der Waals surface area contributed by atoms with Crippen LogP contribution in [0.15, 0.2) is 94.9 Å². The van der Waals surface area contributed by atoms with Gasteiger partial charge in [-0.1, -0.05) is 78.9 Å². The van der Waals surface area contributed by atoms with Crippen LogP contribution in [0.5, 0.6) is 0 Å². The third kappa shape index (κ3) is 4.97. The van der Waals surface area contributed by atoms with Crippen LogP contribution in [0.1, 0.15) is 22.7 Å². The maximum atomic E-state index is 12.9. The van der Waals surface area contributed by atoms with Crippen molar-refractivity contribution in [2.45, 2.75) is 12.2 Å². The smallest absolute Gasteiger partial charge is 0.291 e. The van der Waals surface area contributed by atoms with Crippen LogP contribution in [0, 0.1) is 5.41 Å². The van der Waals surface area contributed by atoms with Crippen LogP contribution in [0.3, 0.4) is 0 Å². The molecule has 33 heavy (non-hydrogen) atoms. The number of nitrogens with one attached hydrogen (secondary N) is 3. The van der Waals surface area contributed by atoms with Gasteiger partial charge in [-0.2, -0.15) is 4.99 Å². The first-order valence-corrected chi connectivity index (χ1v) is 10.4. The predicted octanol–water partition coefficient (Wildman–Crippen LogP) is 3.07. The predicted molar refractivity (Wildman–Crippen MR) is 130 cm³/mol. The molecule has 5 N–H and O–H groups in total.